The molecule has 2 aromatic rings. The maximum absolute atomic E-state index is 12.3. The number of nitrogens with two attached hydrogens (primary N) is 1. The van der Waals surface area contributed by atoms with Crippen molar-refractivity contribution >= 4 is 23.2 Å². The second-order valence-electron chi connectivity index (χ2n) is 4.99. The number of benzene rings is 1. The van der Waals surface area contributed by atoms with E-state index >= 15 is 0 Å². The molecule has 5 nitrogen and oxygen atoms in total. The fraction of sp³-hybridized carbons (Fsp3) is 0.125. The van der Waals surface area contributed by atoms with Gasteiger partial charge in [0.1, 0.15) is 23.2 Å². The Hall–Kier alpha value is -2.42. The fourth-order valence-electron chi connectivity index (χ4n) is 2.57. The molecule has 0 saturated carbocycles. The first-order valence-corrected chi connectivity index (χ1v) is 7.35. The van der Waals surface area contributed by atoms with Gasteiger partial charge in [-0.05, 0) is 18.6 Å². The summed E-state index contributed by atoms with van der Waals surface area (Å²) in [6.07, 6.45) is 0. The molecule has 1 aromatic carbocycles. The van der Waals surface area contributed by atoms with Crippen molar-refractivity contribution in [1.29, 1.82) is 5.26 Å². The second-order valence-corrected chi connectivity index (χ2v) is 5.78. The van der Waals surface area contributed by atoms with Gasteiger partial charge in [0.25, 0.3) is 0 Å². The highest BCUT2D eigenvalue weighted by Gasteiger charge is 2.35. The SMILES string of the molecule is Cc1cc2c(c(=O)o1)C(c1cccc(Cl)c1Cl)C(C#N)=C(N)O2. The smallest absolute Gasteiger partial charge is 0.343 e. The number of halogens is 2. The molecule has 0 saturated heterocycles. The molecule has 0 spiro atoms. The van der Waals surface area contributed by atoms with E-state index in [9.17, 15) is 10.1 Å². The third-order valence-electron chi connectivity index (χ3n) is 3.55. The molecule has 7 heteroatoms. The summed E-state index contributed by atoms with van der Waals surface area (Å²) in [5, 5.41) is 10.0. The Morgan fingerprint density at radius 2 is 2.09 bits per heavy atom. The highest BCUT2D eigenvalue weighted by atomic mass is 35.5. The van der Waals surface area contributed by atoms with Gasteiger partial charge in [0, 0.05) is 6.07 Å². The minimum atomic E-state index is -0.799. The zero-order valence-electron chi connectivity index (χ0n) is 11.9. The average molecular weight is 349 g/mol. The van der Waals surface area contributed by atoms with E-state index in [0.717, 1.165) is 0 Å². The van der Waals surface area contributed by atoms with E-state index in [1.54, 1.807) is 31.2 Å². The van der Waals surface area contributed by atoms with Crippen LogP contribution in [0.25, 0.3) is 0 Å². The molecule has 1 unspecified atom stereocenters. The van der Waals surface area contributed by atoms with Crippen LogP contribution in [0.5, 0.6) is 5.75 Å². The minimum Gasteiger partial charge on any atom is -0.440 e. The Morgan fingerprint density at radius 3 is 2.78 bits per heavy atom. The highest BCUT2D eigenvalue weighted by molar-refractivity contribution is 6.42. The van der Waals surface area contributed by atoms with Crippen molar-refractivity contribution < 1.29 is 9.15 Å². The van der Waals surface area contributed by atoms with E-state index in [-0.39, 0.29) is 27.8 Å². The molecule has 0 fully saturated rings. The summed E-state index contributed by atoms with van der Waals surface area (Å²) >= 11 is 12.3. The molecule has 2 heterocycles. The number of hydrogen-bond acceptors (Lipinski definition) is 5. The molecule has 116 valence electrons. The quantitative estimate of drug-likeness (QED) is 0.851. The number of ether oxygens (including phenoxy) is 1. The second kappa shape index (κ2) is 5.65. The van der Waals surface area contributed by atoms with Gasteiger partial charge in [0.05, 0.1) is 21.5 Å². The van der Waals surface area contributed by atoms with E-state index in [1.807, 2.05) is 6.07 Å². The van der Waals surface area contributed by atoms with Crippen LogP contribution >= 0.6 is 23.2 Å². The maximum Gasteiger partial charge on any atom is 0.343 e. The molecule has 0 radical (unpaired) electrons. The van der Waals surface area contributed by atoms with E-state index in [0.29, 0.717) is 16.3 Å². The largest absolute Gasteiger partial charge is 0.440 e. The molecular weight excluding hydrogens is 339 g/mol. The van der Waals surface area contributed by atoms with Crippen LogP contribution in [0.15, 0.2) is 44.9 Å². The lowest BCUT2D eigenvalue weighted by Crippen LogP contribution is -2.26. The van der Waals surface area contributed by atoms with E-state index in [4.69, 9.17) is 38.1 Å². The Bertz CT molecular complexity index is 941. The van der Waals surface area contributed by atoms with Crippen LogP contribution in [0.2, 0.25) is 10.0 Å². The van der Waals surface area contributed by atoms with Gasteiger partial charge < -0.3 is 14.9 Å². The number of hydrogen-bond donors (Lipinski definition) is 1. The van der Waals surface area contributed by atoms with Gasteiger partial charge in [0.15, 0.2) is 0 Å². The molecule has 1 aliphatic heterocycles. The Kier molecular flexibility index (Phi) is 3.80. The van der Waals surface area contributed by atoms with Crippen molar-refractivity contribution in [3.05, 3.63) is 73.1 Å². The van der Waals surface area contributed by atoms with Crippen LogP contribution in [-0.4, -0.2) is 0 Å². The molecule has 1 aliphatic rings. The summed E-state index contributed by atoms with van der Waals surface area (Å²) in [5.74, 6) is -0.257. The summed E-state index contributed by atoms with van der Waals surface area (Å²) in [4.78, 5) is 12.3. The van der Waals surface area contributed by atoms with Gasteiger partial charge >= 0.3 is 5.63 Å². The van der Waals surface area contributed by atoms with Crippen LogP contribution in [0, 0.1) is 18.3 Å². The molecule has 0 amide bonds. The third kappa shape index (κ3) is 2.46. The molecule has 2 N–H and O–H groups in total. The maximum atomic E-state index is 12.3. The van der Waals surface area contributed by atoms with Crippen molar-refractivity contribution in [3.63, 3.8) is 0 Å². The van der Waals surface area contributed by atoms with Crippen LogP contribution in [0.3, 0.4) is 0 Å². The number of nitriles is 1. The third-order valence-corrected chi connectivity index (χ3v) is 4.38. The Balaban J connectivity index is 2.37. The van der Waals surface area contributed by atoms with Crippen LogP contribution in [-0.2, 0) is 0 Å². The van der Waals surface area contributed by atoms with Gasteiger partial charge in [-0.15, -0.1) is 0 Å². The van der Waals surface area contributed by atoms with Crippen molar-refractivity contribution in [1.82, 2.24) is 0 Å². The van der Waals surface area contributed by atoms with Crippen LogP contribution in [0.1, 0.15) is 22.8 Å². The normalized spacial score (nSPS) is 16.5. The van der Waals surface area contributed by atoms with Gasteiger partial charge in [-0.1, -0.05) is 35.3 Å². The lowest BCUT2D eigenvalue weighted by atomic mass is 9.84. The van der Waals surface area contributed by atoms with Crippen molar-refractivity contribution in [2.24, 2.45) is 5.73 Å². The highest BCUT2D eigenvalue weighted by Crippen LogP contribution is 2.44. The number of aryl methyl sites for hydroxylation is 1. The summed E-state index contributed by atoms with van der Waals surface area (Å²) in [5.41, 5.74) is 5.98. The summed E-state index contributed by atoms with van der Waals surface area (Å²) in [7, 11) is 0. The first-order valence-electron chi connectivity index (χ1n) is 6.60. The fourth-order valence-corrected chi connectivity index (χ4v) is 2.99. The standard InChI is InChI=1S/C16H10Cl2N2O3/c1-7-5-11-13(16(21)22-7)12(9(6-19)15(20)23-11)8-3-2-4-10(17)14(8)18/h2-5,12H,20H2,1H3. The molecule has 3 rings (SSSR count). The topological polar surface area (TPSA) is 89.2 Å². The van der Waals surface area contributed by atoms with Crippen molar-refractivity contribution in [2.45, 2.75) is 12.8 Å². The van der Waals surface area contributed by atoms with Gasteiger partial charge in [-0.3, -0.25) is 0 Å². The Labute approximate surface area is 141 Å². The van der Waals surface area contributed by atoms with Gasteiger partial charge in [-0.25, -0.2) is 4.79 Å². The van der Waals surface area contributed by atoms with Crippen LogP contribution in [0.4, 0.5) is 0 Å². The molecule has 0 bridgehead atoms. The first-order chi connectivity index (χ1) is 10.9. The molecule has 1 aromatic heterocycles. The van der Waals surface area contributed by atoms with E-state index in [1.165, 1.54) is 0 Å². The van der Waals surface area contributed by atoms with Gasteiger partial charge in [0.2, 0.25) is 5.88 Å². The predicted molar refractivity (Wildman–Crippen MR) is 85.5 cm³/mol. The summed E-state index contributed by atoms with van der Waals surface area (Å²) in [6, 6.07) is 8.50. The number of rotatable bonds is 1. The lowest BCUT2D eigenvalue weighted by Gasteiger charge is -2.25. The molecular formula is C16H10Cl2N2O3. The van der Waals surface area contributed by atoms with E-state index in [2.05, 4.69) is 0 Å². The number of nitrogens with zero attached hydrogens (tertiary/aromatic N) is 1. The van der Waals surface area contributed by atoms with Crippen LogP contribution < -0.4 is 16.1 Å². The average Bonchev–Trinajstić information content (AvgIpc) is 2.48. The van der Waals surface area contributed by atoms with E-state index < -0.39 is 11.5 Å². The Morgan fingerprint density at radius 1 is 1.35 bits per heavy atom. The summed E-state index contributed by atoms with van der Waals surface area (Å²) in [6.45, 7) is 1.62. The van der Waals surface area contributed by atoms with Gasteiger partial charge in [-0.2, -0.15) is 5.26 Å². The minimum absolute atomic E-state index is 0.0777. The molecule has 0 aliphatic carbocycles. The molecule has 23 heavy (non-hydrogen) atoms. The summed E-state index contributed by atoms with van der Waals surface area (Å²) < 4.78 is 10.6. The zero-order valence-corrected chi connectivity index (χ0v) is 13.4. The molecule has 1 atom stereocenters. The zero-order chi connectivity index (χ0) is 16.7. The van der Waals surface area contributed by atoms with Crippen molar-refractivity contribution in [3.8, 4) is 11.8 Å². The number of fused-ring (bicyclic) bond motifs is 1. The first kappa shape index (κ1) is 15.5. The number of allylic oxidation sites excluding steroid dienone is 1. The van der Waals surface area contributed by atoms with Crippen molar-refractivity contribution in [2.75, 3.05) is 0 Å². The monoisotopic (exact) mass is 348 g/mol. The lowest BCUT2D eigenvalue weighted by molar-refractivity contribution is 0.371. The predicted octanol–water partition coefficient (Wildman–Crippen LogP) is 3.47.